The van der Waals surface area contributed by atoms with Gasteiger partial charge < -0.3 is 10.2 Å². The Balaban J connectivity index is 0.00000176. The first-order valence-corrected chi connectivity index (χ1v) is 13.3. The number of nitrogens with zero attached hydrogens (tertiary/aromatic N) is 3. The highest BCUT2D eigenvalue weighted by molar-refractivity contribution is 6.03. The van der Waals surface area contributed by atoms with Gasteiger partial charge in [-0.15, -0.1) is 24.8 Å². The van der Waals surface area contributed by atoms with Crippen molar-refractivity contribution < 1.29 is 4.79 Å². The molecule has 6 rings (SSSR count). The van der Waals surface area contributed by atoms with Gasteiger partial charge >= 0.3 is 0 Å². The van der Waals surface area contributed by atoms with Crippen LogP contribution in [-0.4, -0.2) is 55.1 Å². The summed E-state index contributed by atoms with van der Waals surface area (Å²) in [6.45, 7) is 5.97. The Labute approximate surface area is 242 Å². The molecule has 5 aromatic rings. The Kier molecular flexibility index (Phi) is 9.63. The number of fused-ring (bicyclic) bond motifs is 3. The van der Waals surface area contributed by atoms with Crippen molar-refractivity contribution in [2.45, 2.75) is 12.8 Å². The molecule has 0 aliphatic carbocycles. The van der Waals surface area contributed by atoms with Crippen molar-refractivity contribution in [3.05, 3.63) is 96.8 Å². The summed E-state index contributed by atoms with van der Waals surface area (Å²) in [5.74, 6) is 0.00764. The molecule has 0 radical (unpaired) electrons. The van der Waals surface area contributed by atoms with E-state index in [-0.39, 0.29) is 30.7 Å². The first kappa shape index (κ1) is 28.6. The topological polar surface area (TPSA) is 48.5 Å². The second-order valence-corrected chi connectivity index (χ2v) is 9.93. The summed E-state index contributed by atoms with van der Waals surface area (Å²) in [7, 11) is 0. The van der Waals surface area contributed by atoms with E-state index < -0.39 is 0 Å². The molecule has 1 N–H and O–H groups in total. The van der Waals surface area contributed by atoms with Gasteiger partial charge in [-0.2, -0.15) is 0 Å². The van der Waals surface area contributed by atoms with E-state index in [9.17, 15) is 4.79 Å². The van der Waals surface area contributed by atoms with Gasteiger partial charge in [0, 0.05) is 61.8 Å². The summed E-state index contributed by atoms with van der Waals surface area (Å²) in [4.78, 5) is 22.1. The fraction of sp³-hybridized carbons (Fsp3) is 0.250. The maximum absolute atomic E-state index is 12.7. The fourth-order valence-electron chi connectivity index (χ4n) is 5.43. The van der Waals surface area contributed by atoms with Gasteiger partial charge in [0.15, 0.2) is 0 Å². The Bertz CT molecular complexity index is 1560. The lowest BCUT2D eigenvalue weighted by Gasteiger charge is -2.36. The summed E-state index contributed by atoms with van der Waals surface area (Å²) in [5, 5.41) is 10.3. The predicted molar refractivity (Wildman–Crippen MR) is 168 cm³/mol. The number of carbonyl (C=O) groups excluding carboxylic acids is 1. The van der Waals surface area contributed by atoms with Gasteiger partial charge in [0.25, 0.3) is 5.91 Å². The Morgan fingerprint density at radius 1 is 0.744 bits per heavy atom. The molecule has 1 aromatic heterocycles. The van der Waals surface area contributed by atoms with Crippen molar-refractivity contribution in [2.75, 3.05) is 44.2 Å². The van der Waals surface area contributed by atoms with Crippen molar-refractivity contribution in [1.82, 2.24) is 15.2 Å². The second kappa shape index (κ2) is 13.1. The van der Waals surface area contributed by atoms with Crippen molar-refractivity contribution in [2.24, 2.45) is 0 Å². The number of carbonyl (C=O) groups is 1. The third-order valence-electron chi connectivity index (χ3n) is 7.53. The van der Waals surface area contributed by atoms with Crippen LogP contribution in [0.4, 0.5) is 5.69 Å². The van der Waals surface area contributed by atoms with Crippen LogP contribution in [0.25, 0.3) is 32.3 Å². The second-order valence-electron chi connectivity index (χ2n) is 9.93. The first-order valence-electron chi connectivity index (χ1n) is 13.3. The number of amides is 1. The zero-order chi connectivity index (χ0) is 25.0. The van der Waals surface area contributed by atoms with Gasteiger partial charge in [0.2, 0.25) is 0 Å². The summed E-state index contributed by atoms with van der Waals surface area (Å²) in [6, 6.07) is 27.2. The Hall–Kier alpha value is -3.38. The molecule has 1 aliphatic rings. The number of hydrogen-bond acceptors (Lipinski definition) is 4. The van der Waals surface area contributed by atoms with Gasteiger partial charge in [-0.3, -0.25) is 14.7 Å². The monoisotopic (exact) mass is 560 g/mol. The predicted octanol–water partition coefficient (Wildman–Crippen LogP) is 6.72. The van der Waals surface area contributed by atoms with Crippen molar-refractivity contribution in [1.29, 1.82) is 0 Å². The number of anilines is 1. The molecule has 202 valence electrons. The molecule has 0 unspecified atom stereocenters. The SMILES string of the molecule is Cl.Cl.O=C(NCCCCN1CCN(c2cccc3ccncc23)CC1)c1ccc2cc3ccccc3cc2c1. The van der Waals surface area contributed by atoms with Gasteiger partial charge in [0.05, 0.1) is 0 Å². The smallest absolute Gasteiger partial charge is 0.251 e. The van der Waals surface area contributed by atoms with Crippen molar-refractivity contribution >= 4 is 68.7 Å². The minimum Gasteiger partial charge on any atom is -0.368 e. The summed E-state index contributed by atoms with van der Waals surface area (Å²) < 4.78 is 0. The highest BCUT2D eigenvalue weighted by Crippen LogP contribution is 2.27. The fourth-order valence-corrected chi connectivity index (χ4v) is 5.43. The lowest BCUT2D eigenvalue weighted by atomic mass is 10.0. The standard InChI is InChI=1S/C32H32N4O.2ClH/c37-32(28-11-10-27-20-25-6-1-2-7-26(25)21-29(27)22-28)34-13-3-4-15-35-16-18-36(19-17-35)31-9-5-8-24-12-14-33-23-30(24)31;;/h1-2,5-12,14,20-23H,3-4,13,15-19H2,(H,34,37);2*1H. The van der Waals surface area contributed by atoms with E-state index >= 15 is 0 Å². The van der Waals surface area contributed by atoms with E-state index in [2.05, 4.69) is 74.7 Å². The third-order valence-corrected chi connectivity index (χ3v) is 7.53. The molecular weight excluding hydrogens is 527 g/mol. The van der Waals surface area contributed by atoms with Crippen LogP contribution < -0.4 is 10.2 Å². The molecule has 1 saturated heterocycles. The number of pyridine rings is 1. The highest BCUT2D eigenvalue weighted by Gasteiger charge is 2.18. The maximum atomic E-state index is 12.7. The average molecular weight is 562 g/mol. The van der Waals surface area contributed by atoms with Gasteiger partial charge in [-0.25, -0.2) is 0 Å². The molecule has 1 aliphatic heterocycles. The molecule has 0 saturated carbocycles. The molecular formula is C32H34Cl2N4O. The van der Waals surface area contributed by atoms with Crippen LogP contribution in [0.3, 0.4) is 0 Å². The van der Waals surface area contributed by atoms with E-state index in [0.717, 1.165) is 61.9 Å². The number of aromatic nitrogens is 1. The van der Waals surface area contributed by atoms with Gasteiger partial charge in [0.1, 0.15) is 0 Å². The lowest BCUT2D eigenvalue weighted by molar-refractivity contribution is 0.0952. The number of halogens is 2. The van der Waals surface area contributed by atoms with Crippen molar-refractivity contribution in [3.63, 3.8) is 0 Å². The molecule has 0 bridgehead atoms. The van der Waals surface area contributed by atoms with Crippen LogP contribution in [-0.2, 0) is 0 Å². The molecule has 5 nitrogen and oxygen atoms in total. The molecule has 7 heteroatoms. The van der Waals surface area contributed by atoms with Crippen LogP contribution in [0.5, 0.6) is 0 Å². The van der Waals surface area contributed by atoms with Crippen LogP contribution in [0.1, 0.15) is 23.2 Å². The summed E-state index contributed by atoms with van der Waals surface area (Å²) in [5.41, 5.74) is 2.01. The number of nitrogens with one attached hydrogen (secondary N) is 1. The highest BCUT2D eigenvalue weighted by atomic mass is 35.5. The number of rotatable bonds is 7. The van der Waals surface area contributed by atoms with Gasteiger partial charge in [-0.05, 0) is 82.7 Å². The summed E-state index contributed by atoms with van der Waals surface area (Å²) >= 11 is 0. The van der Waals surface area contributed by atoms with E-state index in [4.69, 9.17) is 0 Å². The first-order chi connectivity index (χ1) is 18.2. The third kappa shape index (κ3) is 6.44. The van der Waals surface area contributed by atoms with Crippen LogP contribution in [0, 0.1) is 0 Å². The van der Waals surface area contributed by atoms with E-state index in [1.165, 1.54) is 27.2 Å². The number of piperazine rings is 1. The molecule has 39 heavy (non-hydrogen) atoms. The largest absolute Gasteiger partial charge is 0.368 e. The normalized spacial score (nSPS) is 13.7. The lowest BCUT2D eigenvalue weighted by Crippen LogP contribution is -2.46. The summed E-state index contributed by atoms with van der Waals surface area (Å²) in [6.07, 6.45) is 5.91. The molecule has 0 spiro atoms. The zero-order valence-electron chi connectivity index (χ0n) is 21.9. The maximum Gasteiger partial charge on any atom is 0.251 e. The van der Waals surface area contributed by atoms with E-state index in [1.807, 2.05) is 36.7 Å². The molecule has 1 fully saturated rings. The van der Waals surface area contributed by atoms with E-state index in [1.54, 1.807) is 0 Å². The minimum atomic E-state index is 0. The molecule has 4 aromatic carbocycles. The number of benzene rings is 4. The number of unbranched alkanes of at least 4 members (excludes halogenated alkanes) is 1. The van der Waals surface area contributed by atoms with Crippen LogP contribution in [0.15, 0.2) is 91.3 Å². The van der Waals surface area contributed by atoms with E-state index in [0.29, 0.717) is 6.54 Å². The zero-order valence-corrected chi connectivity index (χ0v) is 23.5. The number of hydrogen-bond donors (Lipinski definition) is 1. The Morgan fingerprint density at radius 3 is 2.26 bits per heavy atom. The quantitative estimate of drug-likeness (QED) is 0.177. The average Bonchev–Trinajstić information content (AvgIpc) is 2.95. The molecule has 0 atom stereocenters. The molecule has 1 amide bonds. The van der Waals surface area contributed by atoms with Gasteiger partial charge in [-0.1, -0.05) is 42.5 Å². The van der Waals surface area contributed by atoms with Crippen LogP contribution in [0.2, 0.25) is 0 Å². The Morgan fingerprint density at radius 2 is 1.46 bits per heavy atom. The molecule has 2 heterocycles. The van der Waals surface area contributed by atoms with Crippen LogP contribution >= 0.6 is 24.8 Å². The minimum absolute atomic E-state index is 0. The van der Waals surface area contributed by atoms with Crippen molar-refractivity contribution in [3.8, 4) is 0 Å².